The summed E-state index contributed by atoms with van der Waals surface area (Å²) in [7, 11) is 0. The monoisotopic (exact) mass is 138 g/mol. The molecule has 0 atom stereocenters. The molecule has 10 heavy (non-hydrogen) atoms. The SMILES string of the molecule is Cc1cc(=NN)cc(C)o1. The third-order valence-electron chi connectivity index (χ3n) is 1.17. The molecule has 0 saturated heterocycles. The minimum absolute atomic E-state index is 0.751. The summed E-state index contributed by atoms with van der Waals surface area (Å²) in [5, 5.41) is 4.28. The highest BCUT2D eigenvalue weighted by atomic mass is 16.3. The van der Waals surface area contributed by atoms with Crippen LogP contribution >= 0.6 is 0 Å². The van der Waals surface area contributed by atoms with Crippen molar-refractivity contribution in [1.82, 2.24) is 0 Å². The first-order valence-corrected chi connectivity index (χ1v) is 3.04. The van der Waals surface area contributed by atoms with Gasteiger partial charge in [0, 0.05) is 12.1 Å². The van der Waals surface area contributed by atoms with E-state index in [0.717, 1.165) is 16.9 Å². The van der Waals surface area contributed by atoms with Crippen molar-refractivity contribution in [3.63, 3.8) is 0 Å². The van der Waals surface area contributed by atoms with Gasteiger partial charge in [0.1, 0.15) is 11.5 Å². The maximum atomic E-state index is 5.20. The molecular weight excluding hydrogens is 128 g/mol. The fourth-order valence-electron chi connectivity index (χ4n) is 0.846. The van der Waals surface area contributed by atoms with Crippen LogP contribution in [0.5, 0.6) is 0 Å². The molecule has 54 valence electrons. The lowest BCUT2D eigenvalue weighted by atomic mass is 10.3. The summed E-state index contributed by atoms with van der Waals surface area (Å²) < 4.78 is 5.20. The maximum absolute atomic E-state index is 5.20. The lowest BCUT2D eigenvalue weighted by Crippen LogP contribution is -2.05. The summed E-state index contributed by atoms with van der Waals surface area (Å²) in [4.78, 5) is 0. The second-order valence-electron chi connectivity index (χ2n) is 2.17. The number of hydrogen-bond acceptors (Lipinski definition) is 3. The Labute approximate surface area is 59.2 Å². The van der Waals surface area contributed by atoms with Crippen molar-refractivity contribution in [2.24, 2.45) is 10.9 Å². The van der Waals surface area contributed by atoms with Gasteiger partial charge in [-0.25, -0.2) is 0 Å². The Bertz CT molecular complexity index is 265. The van der Waals surface area contributed by atoms with E-state index in [2.05, 4.69) is 5.10 Å². The van der Waals surface area contributed by atoms with E-state index in [-0.39, 0.29) is 0 Å². The lowest BCUT2D eigenvalue weighted by molar-refractivity contribution is 0.483. The molecule has 0 unspecified atom stereocenters. The zero-order valence-corrected chi connectivity index (χ0v) is 6.09. The molecule has 3 nitrogen and oxygen atoms in total. The van der Waals surface area contributed by atoms with Crippen LogP contribution in [0.15, 0.2) is 21.7 Å². The van der Waals surface area contributed by atoms with E-state index in [0.29, 0.717) is 0 Å². The molecule has 1 aromatic heterocycles. The second kappa shape index (κ2) is 2.56. The maximum Gasteiger partial charge on any atom is 0.103 e. The van der Waals surface area contributed by atoms with Gasteiger partial charge in [-0.05, 0) is 13.8 Å². The van der Waals surface area contributed by atoms with Crippen molar-refractivity contribution >= 4 is 0 Å². The van der Waals surface area contributed by atoms with Crippen LogP contribution in [0.1, 0.15) is 11.5 Å². The van der Waals surface area contributed by atoms with Crippen molar-refractivity contribution < 1.29 is 4.42 Å². The van der Waals surface area contributed by atoms with Crippen molar-refractivity contribution in [2.75, 3.05) is 0 Å². The van der Waals surface area contributed by atoms with Crippen LogP contribution < -0.4 is 11.2 Å². The van der Waals surface area contributed by atoms with Gasteiger partial charge in [0.25, 0.3) is 0 Å². The average molecular weight is 138 g/mol. The van der Waals surface area contributed by atoms with Gasteiger partial charge < -0.3 is 10.3 Å². The summed E-state index contributed by atoms with van der Waals surface area (Å²) in [5.74, 6) is 6.72. The zero-order valence-electron chi connectivity index (χ0n) is 6.09. The van der Waals surface area contributed by atoms with E-state index in [1.807, 2.05) is 13.8 Å². The Morgan fingerprint density at radius 2 is 1.80 bits per heavy atom. The van der Waals surface area contributed by atoms with E-state index in [1.54, 1.807) is 12.1 Å². The number of nitrogens with two attached hydrogens (primary N) is 1. The summed E-state index contributed by atoms with van der Waals surface area (Å²) in [6.07, 6.45) is 0. The van der Waals surface area contributed by atoms with Crippen LogP contribution in [0.3, 0.4) is 0 Å². The molecule has 0 radical (unpaired) electrons. The van der Waals surface area contributed by atoms with Gasteiger partial charge in [-0.3, -0.25) is 0 Å². The third-order valence-corrected chi connectivity index (χ3v) is 1.17. The van der Waals surface area contributed by atoms with Crippen LogP contribution in [-0.2, 0) is 0 Å². The Balaban J connectivity index is 3.33. The molecule has 0 aromatic carbocycles. The Morgan fingerprint density at radius 3 is 2.20 bits per heavy atom. The van der Waals surface area contributed by atoms with E-state index in [1.165, 1.54) is 0 Å². The van der Waals surface area contributed by atoms with Crippen LogP contribution in [0.25, 0.3) is 0 Å². The highest BCUT2D eigenvalue weighted by molar-refractivity contribution is 5.02. The lowest BCUT2D eigenvalue weighted by Gasteiger charge is -1.93. The van der Waals surface area contributed by atoms with E-state index in [4.69, 9.17) is 10.3 Å². The minimum atomic E-state index is 0.751. The minimum Gasteiger partial charge on any atom is -0.467 e. The van der Waals surface area contributed by atoms with Crippen molar-refractivity contribution in [3.8, 4) is 0 Å². The van der Waals surface area contributed by atoms with Gasteiger partial charge in [-0.15, -0.1) is 0 Å². The van der Waals surface area contributed by atoms with Crippen LogP contribution in [-0.4, -0.2) is 0 Å². The fraction of sp³-hybridized carbons (Fsp3) is 0.286. The van der Waals surface area contributed by atoms with Gasteiger partial charge in [0.2, 0.25) is 0 Å². The highest BCUT2D eigenvalue weighted by Gasteiger charge is 1.89. The van der Waals surface area contributed by atoms with Gasteiger partial charge >= 0.3 is 0 Å². The molecule has 0 aliphatic carbocycles. The fourth-order valence-corrected chi connectivity index (χ4v) is 0.846. The number of hydrogen-bond donors (Lipinski definition) is 1. The molecule has 0 spiro atoms. The van der Waals surface area contributed by atoms with Crippen molar-refractivity contribution in [3.05, 3.63) is 29.0 Å². The summed E-state index contributed by atoms with van der Waals surface area (Å²) in [6, 6.07) is 3.57. The van der Waals surface area contributed by atoms with E-state index < -0.39 is 0 Å². The van der Waals surface area contributed by atoms with Gasteiger partial charge in [-0.1, -0.05) is 0 Å². The topological polar surface area (TPSA) is 51.5 Å². The predicted octanol–water partition coefficient (Wildman–Crippen LogP) is 0.671. The molecule has 0 saturated carbocycles. The second-order valence-corrected chi connectivity index (χ2v) is 2.17. The summed E-state index contributed by atoms with van der Waals surface area (Å²) in [6.45, 7) is 3.73. The molecule has 1 aromatic rings. The molecule has 2 N–H and O–H groups in total. The normalized spacial score (nSPS) is 9.40. The summed E-state index contributed by atoms with van der Waals surface area (Å²) >= 11 is 0. The molecular formula is C7H10N2O. The molecule has 1 rings (SSSR count). The summed E-state index contributed by atoms with van der Waals surface area (Å²) in [5.41, 5.74) is 0. The van der Waals surface area contributed by atoms with Gasteiger partial charge in [0.05, 0.1) is 5.36 Å². The van der Waals surface area contributed by atoms with Crippen LogP contribution in [0, 0.1) is 13.8 Å². The average Bonchev–Trinajstić information content (AvgIpc) is 1.85. The molecule has 0 aliphatic rings. The molecule has 0 amide bonds. The van der Waals surface area contributed by atoms with E-state index in [9.17, 15) is 0 Å². The first kappa shape index (κ1) is 6.86. The first-order chi connectivity index (χ1) is 4.72. The quantitative estimate of drug-likeness (QED) is 0.423. The Kier molecular flexibility index (Phi) is 1.76. The number of aryl methyl sites for hydroxylation is 2. The smallest absolute Gasteiger partial charge is 0.103 e. The van der Waals surface area contributed by atoms with Crippen LogP contribution in [0.2, 0.25) is 0 Å². The first-order valence-electron chi connectivity index (χ1n) is 3.04. The Morgan fingerprint density at radius 1 is 1.30 bits per heavy atom. The molecule has 0 fully saturated rings. The van der Waals surface area contributed by atoms with Crippen molar-refractivity contribution in [2.45, 2.75) is 13.8 Å². The molecule has 0 aliphatic heterocycles. The zero-order chi connectivity index (χ0) is 7.56. The number of nitrogens with zero attached hydrogens (tertiary/aromatic N) is 1. The largest absolute Gasteiger partial charge is 0.467 e. The Hall–Kier alpha value is -1.25. The molecule has 0 bridgehead atoms. The van der Waals surface area contributed by atoms with Gasteiger partial charge in [0.15, 0.2) is 0 Å². The van der Waals surface area contributed by atoms with Gasteiger partial charge in [-0.2, -0.15) is 5.10 Å². The molecule has 3 heteroatoms. The highest BCUT2D eigenvalue weighted by Crippen LogP contribution is 1.96. The molecule has 1 heterocycles. The number of rotatable bonds is 0. The van der Waals surface area contributed by atoms with Crippen LogP contribution in [0.4, 0.5) is 0 Å². The third kappa shape index (κ3) is 1.37. The predicted molar refractivity (Wildman–Crippen MR) is 37.9 cm³/mol. The van der Waals surface area contributed by atoms with Crippen molar-refractivity contribution in [1.29, 1.82) is 0 Å². The standard InChI is InChI=1S/C7H10N2O/c1-5-3-7(9-8)4-6(2)10-5/h3-4H,8H2,1-2H3. The van der Waals surface area contributed by atoms with E-state index >= 15 is 0 Å².